The summed E-state index contributed by atoms with van der Waals surface area (Å²) in [5.74, 6) is 0.618. The van der Waals surface area contributed by atoms with E-state index in [1.807, 2.05) is 31.2 Å². The molecule has 29 heavy (non-hydrogen) atoms. The zero-order valence-electron chi connectivity index (χ0n) is 16.1. The number of anilines is 3. The van der Waals surface area contributed by atoms with Gasteiger partial charge in [0.1, 0.15) is 5.75 Å². The summed E-state index contributed by atoms with van der Waals surface area (Å²) in [6, 6.07) is 14.3. The summed E-state index contributed by atoms with van der Waals surface area (Å²) in [5.41, 5.74) is 2.13. The number of rotatable bonds is 8. The first-order valence-electron chi connectivity index (χ1n) is 8.77. The molecule has 0 aliphatic rings. The molecule has 1 amide bonds. The fourth-order valence-electron chi connectivity index (χ4n) is 2.34. The maximum absolute atomic E-state index is 12.4. The molecule has 0 saturated heterocycles. The van der Waals surface area contributed by atoms with Gasteiger partial charge in [0, 0.05) is 16.9 Å². The molecule has 1 heterocycles. The Morgan fingerprint density at radius 1 is 1.03 bits per heavy atom. The van der Waals surface area contributed by atoms with Crippen molar-refractivity contribution in [2.24, 2.45) is 0 Å². The van der Waals surface area contributed by atoms with Crippen LogP contribution in [-0.2, 0) is 4.79 Å². The van der Waals surface area contributed by atoms with Gasteiger partial charge in [0.2, 0.25) is 11.0 Å². The van der Waals surface area contributed by atoms with Gasteiger partial charge < -0.3 is 15.4 Å². The lowest BCUT2D eigenvalue weighted by atomic mass is 10.1. The Labute approximate surface area is 176 Å². The van der Waals surface area contributed by atoms with Gasteiger partial charge in [0.25, 0.3) is 0 Å². The van der Waals surface area contributed by atoms with E-state index in [4.69, 9.17) is 4.74 Å². The van der Waals surface area contributed by atoms with Crippen molar-refractivity contribution in [3.05, 3.63) is 54.1 Å². The molecule has 0 spiro atoms. The molecule has 0 aliphatic carbocycles. The van der Waals surface area contributed by atoms with Crippen molar-refractivity contribution >= 4 is 51.3 Å². The number of ether oxygens (including phenoxy) is 1. The van der Waals surface area contributed by atoms with Crippen LogP contribution in [0.3, 0.4) is 0 Å². The van der Waals surface area contributed by atoms with Gasteiger partial charge in [-0.15, -0.1) is 10.2 Å². The van der Waals surface area contributed by atoms with Crippen molar-refractivity contribution in [2.75, 3.05) is 17.7 Å². The molecule has 150 valence electrons. The summed E-state index contributed by atoms with van der Waals surface area (Å²) >= 11 is 2.71. The minimum Gasteiger partial charge on any atom is -0.497 e. The number of amides is 1. The minimum absolute atomic E-state index is 0.0119. The van der Waals surface area contributed by atoms with Crippen LogP contribution in [0.2, 0.25) is 0 Å². The highest BCUT2D eigenvalue weighted by atomic mass is 32.2. The number of thioether (sulfide) groups is 1. The van der Waals surface area contributed by atoms with Gasteiger partial charge in [-0.2, -0.15) is 0 Å². The van der Waals surface area contributed by atoms with Crippen LogP contribution in [0.4, 0.5) is 16.5 Å². The van der Waals surface area contributed by atoms with Crippen LogP contribution >= 0.6 is 23.1 Å². The van der Waals surface area contributed by atoms with Crippen molar-refractivity contribution in [3.63, 3.8) is 0 Å². The second-order valence-electron chi connectivity index (χ2n) is 6.11. The predicted molar refractivity (Wildman–Crippen MR) is 117 cm³/mol. The van der Waals surface area contributed by atoms with Gasteiger partial charge in [0.15, 0.2) is 10.1 Å². The number of carbonyl (C=O) groups excluding carboxylic acids is 2. The number of benzene rings is 2. The van der Waals surface area contributed by atoms with Gasteiger partial charge in [-0.3, -0.25) is 9.59 Å². The van der Waals surface area contributed by atoms with E-state index >= 15 is 0 Å². The topological polar surface area (TPSA) is 93.2 Å². The van der Waals surface area contributed by atoms with Gasteiger partial charge in [-0.1, -0.05) is 23.1 Å². The number of carbonyl (C=O) groups is 2. The molecule has 3 rings (SSSR count). The number of nitrogens with zero attached hydrogens (tertiary/aromatic N) is 2. The summed E-state index contributed by atoms with van der Waals surface area (Å²) in [5, 5.41) is 14.6. The number of methoxy groups -OCH3 is 1. The van der Waals surface area contributed by atoms with Crippen LogP contribution in [0.5, 0.6) is 5.75 Å². The fourth-order valence-corrected chi connectivity index (χ4v) is 4.26. The first kappa shape index (κ1) is 20.8. The van der Waals surface area contributed by atoms with Crippen molar-refractivity contribution < 1.29 is 14.3 Å². The quantitative estimate of drug-likeness (QED) is 0.400. The van der Waals surface area contributed by atoms with Gasteiger partial charge in [-0.25, -0.2) is 0 Å². The van der Waals surface area contributed by atoms with Crippen LogP contribution in [-0.4, -0.2) is 34.2 Å². The highest BCUT2D eigenvalue weighted by Crippen LogP contribution is 2.31. The zero-order valence-corrected chi connectivity index (χ0v) is 17.8. The average Bonchev–Trinajstić information content (AvgIpc) is 3.15. The van der Waals surface area contributed by atoms with E-state index in [1.54, 1.807) is 31.4 Å². The third-order valence-electron chi connectivity index (χ3n) is 3.95. The number of hydrogen-bond donors (Lipinski definition) is 2. The van der Waals surface area contributed by atoms with E-state index < -0.39 is 0 Å². The Kier molecular flexibility index (Phi) is 6.84. The maximum Gasteiger partial charge on any atom is 0.237 e. The van der Waals surface area contributed by atoms with Crippen LogP contribution in [0.1, 0.15) is 24.2 Å². The predicted octanol–water partition coefficient (Wildman–Crippen LogP) is 4.61. The first-order valence-corrected chi connectivity index (χ1v) is 10.5. The van der Waals surface area contributed by atoms with Crippen molar-refractivity contribution in [1.82, 2.24) is 10.2 Å². The highest BCUT2D eigenvalue weighted by molar-refractivity contribution is 8.02. The van der Waals surface area contributed by atoms with Crippen LogP contribution in [0.25, 0.3) is 0 Å². The number of aromatic nitrogens is 2. The fraction of sp³-hybridized carbons (Fsp3) is 0.200. The lowest BCUT2D eigenvalue weighted by Gasteiger charge is -2.10. The van der Waals surface area contributed by atoms with E-state index in [0.29, 0.717) is 20.7 Å². The highest BCUT2D eigenvalue weighted by Gasteiger charge is 2.17. The van der Waals surface area contributed by atoms with E-state index in [9.17, 15) is 9.59 Å². The minimum atomic E-state index is -0.357. The van der Waals surface area contributed by atoms with Crippen molar-refractivity contribution in [1.29, 1.82) is 0 Å². The molecule has 0 aliphatic heterocycles. The summed E-state index contributed by atoms with van der Waals surface area (Å²) in [4.78, 5) is 23.7. The largest absolute Gasteiger partial charge is 0.497 e. The molecular formula is C20H20N4O3S2. The molecule has 0 saturated carbocycles. The van der Waals surface area contributed by atoms with E-state index in [0.717, 1.165) is 11.4 Å². The number of Topliss-reactive ketones (excluding diaryl/α,β-unsaturated/α-hetero) is 1. The second kappa shape index (κ2) is 9.53. The lowest BCUT2D eigenvalue weighted by molar-refractivity contribution is -0.115. The summed E-state index contributed by atoms with van der Waals surface area (Å²) in [6.45, 7) is 3.31. The van der Waals surface area contributed by atoms with E-state index in [1.165, 1.54) is 30.0 Å². The lowest BCUT2D eigenvalue weighted by Crippen LogP contribution is -2.22. The second-order valence-corrected chi connectivity index (χ2v) is 8.67. The third-order valence-corrected chi connectivity index (χ3v) is 5.98. The molecule has 9 heteroatoms. The normalized spacial score (nSPS) is 11.6. The molecule has 3 aromatic rings. The smallest absolute Gasteiger partial charge is 0.237 e. The van der Waals surface area contributed by atoms with Crippen LogP contribution < -0.4 is 15.4 Å². The summed E-state index contributed by atoms with van der Waals surface area (Å²) < 4.78 is 5.83. The standard InChI is InChI=1S/C20H20N4O3S2/c1-12(25)14-4-6-15(7-5-14)21-18(26)13(2)28-20-24-23-19(29-20)22-16-8-10-17(27-3)11-9-16/h4-11,13H,1-3H3,(H,21,26)(H,22,23)/t13-/m0/s1. The Hall–Kier alpha value is -2.91. The molecule has 1 aromatic heterocycles. The monoisotopic (exact) mass is 428 g/mol. The zero-order chi connectivity index (χ0) is 20.8. The van der Waals surface area contributed by atoms with Crippen LogP contribution in [0, 0.1) is 0 Å². The average molecular weight is 429 g/mol. The molecule has 2 aromatic carbocycles. The molecule has 0 unspecified atom stereocenters. The number of nitrogens with one attached hydrogen (secondary N) is 2. The van der Waals surface area contributed by atoms with E-state index in [-0.39, 0.29) is 16.9 Å². The number of ketones is 1. The maximum atomic E-state index is 12.4. The van der Waals surface area contributed by atoms with Gasteiger partial charge >= 0.3 is 0 Å². The SMILES string of the molecule is COc1ccc(Nc2nnc(S[C@@H](C)C(=O)Nc3ccc(C(C)=O)cc3)s2)cc1. The first-order chi connectivity index (χ1) is 13.9. The third kappa shape index (κ3) is 5.78. The Morgan fingerprint density at radius 3 is 2.31 bits per heavy atom. The van der Waals surface area contributed by atoms with Crippen molar-refractivity contribution in [3.8, 4) is 5.75 Å². The molecule has 7 nitrogen and oxygen atoms in total. The Balaban J connectivity index is 1.55. The molecule has 0 fully saturated rings. The molecule has 1 atom stereocenters. The summed E-state index contributed by atoms with van der Waals surface area (Å²) in [7, 11) is 1.62. The van der Waals surface area contributed by atoms with Gasteiger partial charge in [0.05, 0.1) is 12.4 Å². The van der Waals surface area contributed by atoms with Crippen molar-refractivity contribution in [2.45, 2.75) is 23.4 Å². The molecule has 2 N–H and O–H groups in total. The van der Waals surface area contributed by atoms with Gasteiger partial charge in [-0.05, 0) is 62.4 Å². The molecular weight excluding hydrogens is 408 g/mol. The number of hydrogen-bond acceptors (Lipinski definition) is 8. The Bertz CT molecular complexity index is 988. The molecule has 0 bridgehead atoms. The summed E-state index contributed by atoms with van der Waals surface area (Å²) in [6.07, 6.45) is 0. The Morgan fingerprint density at radius 2 is 1.69 bits per heavy atom. The molecule has 0 radical (unpaired) electrons. The van der Waals surface area contributed by atoms with Crippen LogP contribution in [0.15, 0.2) is 52.9 Å². The van der Waals surface area contributed by atoms with E-state index in [2.05, 4.69) is 20.8 Å².